The average Bonchev–Trinajstić information content (AvgIpc) is 2.53. The molecule has 0 spiro atoms. The van der Waals surface area contributed by atoms with Crippen molar-refractivity contribution in [2.24, 2.45) is 23.2 Å². The van der Waals surface area contributed by atoms with Gasteiger partial charge < -0.3 is 15.2 Å². The van der Waals surface area contributed by atoms with Crippen LogP contribution in [0.4, 0.5) is 0 Å². The third kappa shape index (κ3) is 2.83. The molecule has 128 valence electrons. The minimum absolute atomic E-state index is 0.0493. The summed E-state index contributed by atoms with van der Waals surface area (Å²) in [6.45, 7) is 0. The van der Waals surface area contributed by atoms with Gasteiger partial charge in [-0.15, -0.1) is 0 Å². The molecule has 0 saturated heterocycles. The van der Waals surface area contributed by atoms with Gasteiger partial charge in [-0.3, -0.25) is 4.79 Å². The standard InChI is InChI=1S/C20H25NO3/c22-18(23)17(9-13-4-2-1-3-5-13)21-19(24)20-10-14-6-15(11-20)8-16(7-14)12-20/h1-5,14-17H,6-12H2,(H,21,24)(H,22,23)/p-1/t14?,15?,16?,17-,20?/m0/s1. The Morgan fingerprint density at radius 2 is 1.58 bits per heavy atom. The Morgan fingerprint density at radius 3 is 2.08 bits per heavy atom. The number of benzene rings is 1. The maximum absolute atomic E-state index is 13.0. The molecule has 0 radical (unpaired) electrons. The van der Waals surface area contributed by atoms with Crippen molar-refractivity contribution in [3.8, 4) is 0 Å². The molecule has 0 heterocycles. The van der Waals surface area contributed by atoms with E-state index in [9.17, 15) is 14.7 Å². The topological polar surface area (TPSA) is 69.2 Å². The molecule has 4 heteroatoms. The highest BCUT2D eigenvalue weighted by molar-refractivity contribution is 5.87. The lowest BCUT2D eigenvalue weighted by Gasteiger charge is -2.55. The number of hydrogen-bond donors (Lipinski definition) is 1. The van der Waals surface area contributed by atoms with Gasteiger partial charge >= 0.3 is 0 Å². The quantitative estimate of drug-likeness (QED) is 0.895. The Morgan fingerprint density at radius 1 is 1.04 bits per heavy atom. The third-order valence-electron chi connectivity index (χ3n) is 6.39. The van der Waals surface area contributed by atoms with Crippen molar-refractivity contribution >= 4 is 11.9 Å². The SMILES string of the molecule is O=C([O-])[C@H](Cc1ccccc1)NC(=O)C12CC3CC(CC(C3)C1)C2. The van der Waals surface area contributed by atoms with Gasteiger partial charge in [0.25, 0.3) is 0 Å². The van der Waals surface area contributed by atoms with Gasteiger partial charge in [0.05, 0.1) is 12.0 Å². The summed E-state index contributed by atoms with van der Waals surface area (Å²) in [5, 5.41) is 14.4. The van der Waals surface area contributed by atoms with E-state index in [0.29, 0.717) is 17.8 Å². The molecule has 0 aromatic heterocycles. The first-order valence-electron chi connectivity index (χ1n) is 9.10. The monoisotopic (exact) mass is 326 g/mol. The van der Waals surface area contributed by atoms with Crippen LogP contribution in [0.5, 0.6) is 0 Å². The molecule has 1 aromatic rings. The van der Waals surface area contributed by atoms with E-state index >= 15 is 0 Å². The van der Waals surface area contributed by atoms with Crippen molar-refractivity contribution < 1.29 is 14.7 Å². The van der Waals surface area contributed by atoms with Crippen LogP contribution in [0.2, 0.25) is 0 Å². The fourth-order valence-electron chi connectivity index (χ4n) is 5.74. The van der Waals surface area contributed by atoms with Gasteiger partial charge in [0, 0.05) is 5.41 Å². The second kappa shape index (κ2) is 5.91. The van der Waals surface area contributed by atoms with Gasteiger partial charge in [-0.1, -0.05) is 30.3 Å². The third-order valence-corrected chi connectivity index (χ3v) is 6.39. The smallest absolute Gasteiger partial charge is 0.226 e. The highest BCUT2D eigenvalue weighted by Gasteiger charge is 2.54. The zero-order valence-electron chi connectivity index (χ0n) is 13.9. The molecule has 5 rings (SSSR count). The summed E-state index contributed by atoms with van der Waals surface area (Å²) < 4.78 is 0. The van der Waals surface area contributed by atoms with Gasteiger partial charge in [0.15, 0.2) is 0 Å². The van der Waals surface area contributed by atoms with Crippen molar-refractivity contribution in [2.75, 3.05) is 0 Å². The number of carbonyl (C=O) groups is 2. The van der Waals surface area contributed by atoms with E-state index in [2.05, 4.69) is 5.32 Å². The van der Waals surface area contributed by atoms with E-state index in [0.717, 1.165) is 24.8 Å². The fourth-order valence-corrected chi connectivity index (χ4v) is 5.74. The van der Waals surface area contributed by atoms with Gasteiger partial charge in [-0.25, -0.2) is 0 Å². The van der Waals surface area contributed by atoms with Crippen LogP contribution in [0.25, 0.3) is 0 Å². The average molecular weight is 326 g/mol. The van der Waals surface area contributed by atoms with Crippen LogP contribution in [0.3, 0.4) is 0 Å². The van der Waals surface area contributed by atoms with Crippen molar-refractivity contribution in [1.29, 1.82) is 0 Å². The molecule has 4 saturated carbocycles. The summed E-state index contributed by atoms with van der Waals surface area (Å²) in [5.74, 6) is 0.747. The van der Waals surface area contributed by atoms with E-state index in [-0.39, 0.29) is 17.7 Å². The molecule has 4 bridgehead atoms. The lowest BCUT2D eigenvalue weighted by Crippen LogP contribution is -2.58. The van der Waals surface area contributed by atoms with Crippen molar-refractivity contribution in [3.63, 3.8) is 0 Å². The highest BCUT2D eigenvalue weighted by Crippen LogP contribution is 2.60. The predicted molar refractivity (Wildman–Crippen MR) is 87.7 cm³/mol. The summed E-state index contributed by atoms with van der Waals surface area (Å²) in [6.07, 6.45) is 6.89. The number of carboxylic acids is 1. The Bertz CT molecular complexity index is 604. The number of amides is 1. The maximum Gasteiger partial charge on any atom is 0.226 e. The van der Waals surface area contributed by atoms with Crippen LogP contribution < -0.4 is 10.4 Å². The molecule has 4 fully saturated rings. The predicted octanol–water partition coefficient (Wildman–Crippen LogP) is 1.68. The largest absolute Gasteiger partial charge is 0.548 e. The second-order valence-corrected chi connectivity index (χ2v) is 8.23. The first-order valence-corrected chi connectivity index (χ1v) is 9.10. The number of aliphatic carboxylic acids is 1. The van der Waals surface area contributed by atoms with Gasteiger partial charge in [-0.2, -0.15) is 0 Å². The van der Waals surface area contributed by atoms with Crippen LogP contribution in [-0.2, 0) is 16.0 Å². The van der Waals surface area contributed by atoms with E-state index in [1.54, 1.807) is 0 Å². The first-order chi connectivity index (χ1) is 11.5. The molecule has 4 aliphatic carbocycles. The minimum Gasteiger partial charge on any atom is -0.548 e. The number of carboxylic acid groups (broad SMARTS) is 1. The molecule has 1 aromatic carbocycles. The molecular weight excluding hydrogens is 302 g/mol. The molecule has 4 aliphatic rings. The molecule has 1 amide bonds. The molecule has 1 atom stereocenters. The summed E-state index contributed by atoms with van der Waals surface area (Å²) in [4.78, 5) is 24.5. The lowest BCUT2D eigenvalue weighted by atomic mass is 9.49. The van der Waals surface area contributed by atoms with E-state index in [1.807, 2.05) is 30.3 Å². The lowest BCUT2D eigenvalue weighted by molar-refractivity contribution is -0.308. The molecule has 0 aliphatic heterocycles. The Balaban J connectivity index is 1.48. The zero-order chi connectivity index (χ0) is 16.7. The minimum atomic E-state index is -1.20. The van der Waals surface area contributed by atoms with E-state index in [4.69, 9.17) is 0 Å². The number of rotatable bonds is 5. The van der Waals surface area contributed by atoms with Crippen LogP contribution in [0.1, 0.15) is 44.1 Å². The maximum atomic E-state index is 13.0. The Kier molecular flexibility index (Phi) is 3.86. The Labute approximate surface area is 142 Å². The molecule has 1 N–H and O–H groups in total. The summed E-state index contributed by atoms with van der Waals surface area (Å²) in [7, 11) is 0. The van der Waals surface area contributed by atoms with Gasteiger partial charge in [-0.05, 0) is 68.3 Å². The number of carbonyl (C=O) groups excluding carboxylic acids is 2. The molecule has 0 unspecified atom stereocenters. The second-order valence-electron chi connectivity index (χ2n) is 8.23. The first kappa shape index (κ1) is 15.7. The number of nitrogens with one attached hydrogen (secondary N) is 1. The summed E-state index contributed by atoms with van der Waals surface area (Å²) in [5.41, 5.74) is 0.580. The van der Waals surface area contributed by atoms with Crippen LogP contribution >= 0.6 is 0 Å². The van der Waals surface area contributed by atoms with Crippen molar-refractivity contribution in [1.82, 2.24) is 5.32 Å². The zero-order valence-corrected chi connectivity index (χ0v) is 13.9. The highest BCUT2D eigenvalue weighted by atomic mass is 16.4. The van der Waals surface area contributed by atoms with E-state index < -0.39 is 12.0 Å². The van der Waals surface area contributed by atoms with Crippen LogP contribution in [0.15, 0.2) is 30.3 Å². The van der Waals surface area contributed by atoms with Crippen molar-refractivity contribution in [2.45, 2.75) is 51.0 Å². The molecular formula is C20H24NO3-. The summed E-state index contributed by atoms with van der Waals surface area (Å²) in [6, 6.07) is 8.46. The fraction of sp³-hybridized carbons (Fsp3) is 0.600. The van der Waals surface area contributed by atoms with Crippen molar-refractivity contribution in [3.05, 3.63) is 35.9 Å². The van der Waals surface area contributed by atoms with Gasteiger partial charge in [0.1, 0.15) is 0 Å². The molecule has 4 nitrogen and oxygen atoms in total. The summed E-state index contributed by atoms with van der Waals surface area (Å²) >= 11 is 0. The number of hydrogen-bond acceptors (Lipinski definition) is 3. The van der Waals surface area contributed by atoms with E-state index in [1.165, 1.54) is 19.3 Å². The normalized spacial score (nSPS) is 34.8. The van der Waals surface area contributed by atoms with Crippen LogP contribution in [0, 0.1) is 23.2 Å². The van der Waals surface area contributed by atoms with Gasteiger partial charge in [0.2, 0.25) is 5.91 Å². The molecule has 24 heavy (non-hydrogen) atoms. The Hall–Kier alpha value is -1.84. The van der Waals surface area contributed by atoms with Crippen LogP contribution in [-0.4, -0.2) is 17.9 Å².